The van der Waals surface area contributed by atoms with Gasteiger partial charge in [0, 0.05) is 19.2 Å². The van der Waals surface area contributed by atoms with E-state index in [1.165, 1.54) is 4.90 Å². The maximum Gasteiger partial charge on any atom is 0.433 e. The average molecular weight is 311 g/mol. The van der Waals surface area contributed by atoms with E-state index < -0.39 is 21.7 Å². The van der Waals surface area contributed by atoms with Gasteiger partial charge in [-0.25, -0.2) is 19.2 Å². The van der Waals surface area contributed by atoms with Crippen molar-refractivity contribution in [2.24, 2.45) is 5.84 Å². The Morgan fingerprint density at radius 1 is 1.25 bits per heavy atom. The van der Waals surface area contributed by atoms with Crippen LogP contribution in [0.2, 0.25) is 0 Å². The summed E-state index contributed by atoms with van der Waals surface area (Å²) < 4.78 is 60.7. The quantitative estimate of drug-likeness (QED) is 0.586. The number of alkyl halides is 3. The minimum Gasteiger partial charge on any atom is -0.354 e. The number of hydrazine groups is 1. The van der Waals surface area contributed by atoms with Gasteiger partial charge in [-0.05, 0) is 0 Å². The summed E-state index contributed by atoms with van der Waals surface area (Å²) in [6, 6.07) is 0.777. The molecule has 3 N–H and O–H groups in total. The standard InChI is InChI=1S/C9H12F3N5O2S/c10-9(11,12)6-5-7(15-8(14-6)16-13)17-1-3-20(18,19)4-2-17/h5H,1-4,13H2,(H,14,15,16). The fourth-order valence-corrected chi connectivity index (χ4v) is 2.95. The molecule has 0 saturated carbocycles. The smallest absolute Gasteiger partial charge is 0.354 e. The van der Waals surface area contributed by atoms with E-state index in [4.69, 9.17) is 5.84 Å². The van der Waals surface area contributed by atoms with Crippen LogP contribution in [0.3, 0.4) is 0 Å². The Bertz CT molecular complexity index is 590. The van der Waals surface area contributed by atoms with Crippen molar-refractivity contribution < 1.29 is 21.6 Å². The fraction of sp³-hybridized carbons (Fsp3) is 0.556. The predicted octanol–water partition coefficient (Wildman–Crippen LogP) is 0.0158. The second-order valence-corrected chi connectivity index (χ2v) is 6.52. The molecule has 0 atom stereocenters. The van der Waals surface area contributed by atoms with E-state index in [1.807, 2.05) is 5.43 Å². The Morgan fingerprint density at radius 3 is 2.35 bits per heavy atom. The van der Waals surface area contributed by atoms with Crippen LogP contribution >= 0.6 is 0 Å². The molecule has 0 unspecified atom stereocenters. The third-order valence-corrected chi connectivity index (χ3v) is 4.41. The second kappa shape index (κ2) is 5.05. The van der Waals surface area contributed by atoms with Gasteiger partial charge in [0.05, 0.1) is 11.5 Å². The number of nitrogens with zero attached hydrogens (tertiary/aromatic N) is 3. The zero-order chi connectivity index (χ0) is 15.0. The van der Waals surface area contributed by atoms with Crippen LogP contribution in [0.25, 0.3) is 0 Å². The van der Waals surface area contributed by atoms with Crippen molar-refractivity contribution >= 4 is 21.6 Å². The first-order valence-electron chi connectivity index (χ1n) is 5.59. The molecule has 0 radical (unpaired) electrons. The molecule has 1 aromatic rings. The molecule has 1 aliphatic rings. The van der Waals surface area contributed by atoms with Crippen LogP contribution in [0.5, 0.6) is 0 Å². The summed E-state index contributed by atoms with van der Waals surface area (Å²) in [7, 11) is -3.13. The van der Waals surface area contributed by atoms with Crippen molar-refractivity contribution in [3.05, 3.63) is 11.8 Å². The van der Waals surface area contributed by atoms with E-state index >= 15 is 0 Å². The van der Waals surface area contributed by atoms with Crippen LogP contribution in [0.4, 0.5) is 24.9 Å². The van der Waals surface area contributed by atoms with E-state index in [0.717, 1.165) is 6.07 Å². The van der Waals surface area contributed by atoms with Crippen LogP contribution in [-0.4, -0.2) is 43.0 Å². The van der Waals surface area contributed by atoms with Crippen molar-refractivity contribution in [1.82, 2.24) is 9.97 Å². The lowest BCUT2D eigenvalue weighted by molar-refractivity contribution is -0.141. The molecule has 11 heteroatoms. The minimum atomic E-state index is -4.63. The molecule has 1 aromatic heterocycles. The van der Waals surface area contributed by atoms with Crippen LogP contribution in [0.1, 0.15) is 5.69 Å². The zero-order valence-corrected chi connectivity index (χ0v) is 11.0. The van der Waals surface area contributed by atoms with Crippen LogP contribution in [0.15, 0.2) is 6.07 Å². The third-order valence-electron chi connectivity index (χ3n) is 2.80. The van der Waals surface area contributed by atoms with E-state index in [0.29, 0.717) is 0 Å². The van der Waals surface area contributed by atoms with Gasteiger partial charge in [-0.3, -0.25) is 5.43 Å². The van der Waals surface area contributed by atoms with Gasteiger partial charge in [-0.2, -0.15) is 18.2 Å². The molecule has 0 spiro atoms. The molecule has 2 rings (SSSR count). The monoisotopic (exact) mass is 311 g/mol. The molecular weight excluding hydrogens is 299 g/mol. The number of sulfone groups is 1. The normalized spacial score (nSPS) is 18.9. The molecule has 1 saturated heterocycles. The largest absolute Gasteiger partial charge is 0.433 e. The van der Waals surface area contributed by atoms with E-state index in [9.17, 15) is 21.6 Å². The molecule has 0 aromatic carbocycles. The van der Waals surface area contributed by atoms with Gasteiger partial charge in [0.1, 0.15) is 5.82 Å². The average Bonchev–Trinajstić information content (AvgIpc) is 2.37. The van der Waals surface area contributed by atoms with Gasteiger partial charge in [0.15, 0.2) is 15.5 Å². The molecule has 0 amide bonds. The van der Waals surface area contributed by atoms with Crippen molar-refractivity contribution in [1.29, 1.82) is 0 Å². The summed E-state index contributed by atoms with van der Waals surface area (Å²) in [6.07, 6.45) is -4.63. The maximum absolute atomic E-state index is 12.7. The molecule has 20 heavy (non-hydrogen) atoms. The van der Waals surface area contributed by atoms with Gasteiger partial charge < -0.3 is 4.90 Å². The molecular formula is C9H12F3N5O2S. The molecule has 1 aliphatic heterocycles. The van der Waals surface area contributed by atoms with Crippen LogP contribution < -0.4 is 16.2 Å². The van der Waals surface area contributed by atoms with E-state index in [-0.39, 0.29) is 36.4 Å². The summed E-state index contributed by atoms with van der Waals surface area (Å²) in [4.78, 5) is 8.51. The van der Waals surface area contributed by atoms with Crippen molar-refractivity contribution in [2.75, 3.05) is 34.9 Å². The first kappa shape index (κ1) is 14.8. The highest BCUT2D eigenvalue weighted by atomic mass is 32.2. The number of halogens is 3. The number of anilines is 2. The highest BCUT2D eigenvalue weighted by Gasteiger charge is 2.34. The second-order valence-electron chi connectivity index (χ2n) is 4.22. The summed E-state index contributed by atoms with van der Waals surface area (Å²) in [5.74, 6) is 4.43. The Kier molecular flexibility index (Phi) is 3.73. The van der Waals surface area contributed by atoms with Gasteiger partial charge in [0.2, 0.25) is 5.95 Å². The SMILES string of the molecule is NNc1nc(N2CCS(=O)(=O)CC2)cc(C(F)(F)F)n1. The van der Waals surface area contributed by atoms with Gasteiger partial charge in [0.25, 0.3) is 0 Å². The number of hydrogen-bond acceptors (Lipinski definition) is 7. The lowest BCUT2D eigenvalue weighted by atomic mass is 10.3. The number of nitrogens with one attached hydrogen (secondary N) is 1. The minimum absolute atomic E-state index is 0.00447. The topological polar surface area (TPSA) is 101 Å². The van der Waals surface area contributed by atoms with Crippen LogP contribution in [-0.2, 0) is 16.0 Å². The predicted molar refractivity (Wildman–Crippen MR) is 65.7 cm³/mol. The molecule has 2 heterocycles. The molecule has 7 nitrogen and oxygen atoms in total. The summed E-state index contributed by atoms with van der Waals surface area (Å²) in [5, 5.41) is 0. The summed E-state index contributed by atoms with van der Waals surface area (Å²) in [5.41, 5.74) is 0.833. The van der Waals surface area contributed by atoms with Gasteiger partial charge in [-0.15, -0.1) is 0 Å². The third kappa shape index (κ3) is 3.28. The van der Waals surface area contributed by atoms with Crippen molar-refractivity contribution in [2.45, 2.75) is 6.18 Å². The lowest BCUT2D eigenvalue weighted by Crippen LogP contribution is -2.41. The Hall–Kier alpha value is -1.62. The fourth-order valence-electron chi connectivity index (χ4n) is 1.75. The highest BCUT2D eigenvalue weighted by molar-refractivity contribution is 7.91. The first-order valence-corrected chi connectivity index (χ1v) is 7.42. The molecule has 0 aliphatic carbocycles. The van der Waals surface area contributed by atoms with E-state index in [2.05, 4.69) is 9.97 Å². The summed E-state index contributed by atoms with van der Waals surface area (Å²) >= 11 is 0. The van der Waals surface area contributed by atoms with Crippen molar-refractivity contribution in [3.8, 4) is 0 Å². The Morgan fingerprint density at radius 2 is 1.85 bits per heavy atom. The number of nitrogen functional groups attached to an aromatic ring is 1. The summed E-state index contributed by atoms with van der Waals surface area (Å²) in [6.45, 7) is 0.168. The number of hydrogen-bond donors (Lipinski definition) is 2. The maximum atomic E-state index is 12.7. The Labute approximate surface area is 112 Å². The van der Waals surface area contributed by atoms with Crippen molar-refractivity contribution in [3.63, 3.8) is 0 Å². The number of nitrogens with two attached hydrogens (primary N) is 1. The molecule has 0 bridgehead atoms. The number of aromatic nitrogens is 2. The van der Waals surface area contributed by atoms with E-state index in [1.54, 1.807) is 0 Å². The lowest BCUT2D eigenvalue weighted by Gasteiger charge is -2.28. The van der Waals surface area contributed by atoms with Gasteiger partial charge in [-0.1, -0.05) is 0 Å². The van der Waals surface area contributed by atoms with Crippen LogP contribution in [0, 0.1) is 0 Å². The Balaban J connectivity index is 2.32. The van der Waals surface area contributed by atoms with Gasteiger partial charge >= 0.3 is 6.18 Å². The number of rotatable bonds is 2. The first-order chi connectivity index (χ1) is 9.21. The highest BCUT2D eigenvalue weighted by Crippen LogP contribution is 2.30. The molecule has 112 valence electrons. The molecule has 1 fully saturated rings. The zero-order valence-electron chi connectivity index (χ0n) is 10.2.